The molecule has 0 bridgehead atoms. The molecule has 0 spiro atoms. The van der Waals surface area contributed by atoms with Gasteiger partial charge in [0, 0.05) is 6.04 Å². The fraction of sp³-hybridized carbons (Fsp3) is 0.533. The number of hydrogen-bond donors (Lipinski definition) is 3. The fourth-order valence-corrected chi connectivity index (χ4v) is 2.01. The van der Waals surface area contributed by atoms with Crippen LogP contribution in [0.2, 0.25) is 0 Å². The molecular weight excluding hydrogens is 240 g/mol. The molecule has 0 aliphatic rings. The molecular formula is C15H24N2O2. The SMILES string of the molecule is CCCC(CC)NC(=O)[C@H](N)Cc1ccc(O)cc1. The average Bonchev–Trinajstić information content (AvgIpc) is 2.40. The van der Waals surface area contributed by atoms with Crippen LogP contribution in [0.1, 0.15) is 38.7 Å². The molecule has 0 aliphatic heterocycles. The minimum absolute atomic E-state index is 0.103. The van der Waals surface area contributed by atoms with Gasteiger partial charge in [0.25, 0.3) is 0 Å². The molecule has 2 atom stereocenters. The van der Waals surface area contributed by atoms with Crippen molar-refractivity contribution in [1.82, 2.24) is 5.32 Å². The van der Waals surface area contributed by atoms with Gasteiger partial charge in [-0.3, -0.25) is 4.79 Å². The number of rotatable bonds is 7. The van der Waals surface area contributed by atoms with E-state index in [1.165, 1.54) is 0 Å². The van der Waals surface area contributed by atoms with Crippen LogP contribution >= 0.6 is 0 Å². The Labute approximate surface area is 115 Å². The third-order valence-electron chi connectivity index (χ3n) is 3.21. The molecule has 0 radical (unpaired) electrons. The largest absolute Gasteiger partial charge is 0.508 e. The van der Waals surface area contributed by atoms with E-state index in [9.17, 15) is 9.90 Å². The summed E-state index contributed by atoms with van der Waals surface area (Å²) in [6.07, 6.45) is 3.43. The third kappa shape index (κ3) is 5.30. The average molecular weight is 264 g/mol. The lowest BCUT2D eigenvalue weighted by molar-refractivity contribution is -0.123. The Morgan fingerprint density at radius 1 is 1.32 bits per heavy atom. The first-order chi connectivity index (χ1) is 9.06. The van der Waals surface area contributed by atoms with Crippen LogP contribution in [0.25, 0.3) is 0 Å². The first kappa shape index (κ1) is 15.5. The van der Waals surface area contributed by atoms with Gasteiger partial charge in [-0.1, -0.05) is 32.4 Å². The molecule has 0 saturated carbocycles. The first-order valence-electron chi connectivity index (χ1n) is 6.90. The number of carbonyl (C=O) groups is 1. The van der Waals surface area contributed by atoms with Crippen molar-refractivity contribution in [3.05, 3.63) is 29.8 Å². The third-order valence-corrected chi connectivity index (χ3v) is 3.21. The highest BCUT2D eigenvalue weighted by Gasteiger charge is 2.17. The highest BCUT2D eigenvalue weighted by Crippen LogP contribution is 2.11. The number of benzene rings is 1. The highest BCUT2D eigenvalue weighted by atomic mass is 16.3. The van der Waals surface area contributed by atoms with E-state index in [1.54, 1.807) is 24.3 Å². The van der Waals surface area contributed by atoms with Crippen LogP contribution in [-0.2, 0) is 11.2 Å². The lowest BCUT2D eigenvalue weighted by atomic mass is 10.0. The number of nitrogens with one attached hydrogen (secondary N) is 1. The molecule has 106 valence electrons. The molecule has 0 saturated heterocycles. The quantitative estimate of drug-likeness (QED) is 0.704. The molecule has 1 amide bonds. The standard InChI is InChI=1S/C15H24N2O2/c1-3-5-12(4-2)17-15(19)14(16)10-11-6-8-13(18)9-7-11/h6-9,12,14,18H,3-5,10,16H2,1-2H3,(H,17,19)/t12?,14-/m1/s1. The summed E-state index contributed by atoms with van der Waals surface area (Å²) in [5, 5.41) is 12.2. The molecule has 4 nitrogen and oxygen atoms in total. The second-order valence-corrected chi connectivity index (χ2v) is 4.88. The summed E-state index contributed by atoms with van der Waals surface area (Å²) in [4.78, 5) is 12.0. The van der Waals surface area contributed by atoms with Gasteiger partial charge in [0.1, 0.15) is 5.75 Å². The number of amides is 1. The van der Waals surface area contributed by atoms with Crippen molar-refractivity contribution in [2.24, 2.45) is 5.73 Å². The molecule has 0 heterocycles. The van der Waals surface area contributed by atoms with Crippen molar-refractivity contribution in [2.45, 2.75) is 51.6 Å². The predicted octanol–water partition coefficient (Wildman–Crippen LogP) is 1.96. The Hall–Kier alpha value is -1.55. The van der Waals surface area contributed by atoms with Gasteiger partial charge >= 0.3 is 0 Å². The van der Waals surface area contributed by atoms with Crippen LogP contribution < -0.4 is 11.1 Å². The molecule has 19 heavy (non-hydrogen) atoms. The van der Waals surface area contributed by atoms with E-state index in [0.717, 1.165) is 24.8 Å². The van der Waals surface area contributed by atoms with Crippen molar-refractivity contribution < 1.29 is 9.90 Å². The van der Waals surface area contributed by atoms with Crippen LogP contribution in [0, 0.1) is 0 Å². The second-order valence-electron chi connectivity index (χ2n) is 4.88. The normalized spacial score (nSPS) is 13.8. The van der Waals surface area contributed by atoms with Crippen molar-refractivity contribution >= 4 is 5.91 Å². The lowest BCUT2D eigenvalue weighted by Crippen LogP contribution is -2.46. The zero-order valence-electron chi connectivity index (χ0n) is 11.7. The monoisotopic (exact) mass is 264 g/mol. The van der Waals surface area contributed by atoms with Crippen LogP contribution in [0.3, 0.4) is 0 Å². The number of phenolic OH excluding ortho intramolecular Hbond substituents is 1. The van der Waals surface area contributed by atoms with Gasteiger partial charge in [-0.05, 0) is 37.0 Å². The van der Waals surface area contributed by atoms with Crippen LogP contribution in [0.4, 0.5) is 0 Å². The Balaban J connectivity index is 2.50. The first-order valence-corrected chi connectivity index (χ1v) is 6.90. The summed E-state index contributed by atoms with van der Waals surface area (Å²) in [5.74, 6) is 0.115. The second kappa shape index (κ2) is 7.79. The van der Waals surface area contributed by atoms with Crippen LogP contribution in [0.15, 0.2) is 24.3 Å². The maximum absolute atomic E-state index is 12.0. The van der Waals surface area contributed by atoms with E-state index in [4.69, 9.17) is 5.73 Å². The summed E-state index contributed by atoms with van der Waals surface area (Å²) < 4.78 is 0. The van der Waals surface area contributed by atoms with Gasteiger partial charge in [-0.25, -0.2) is 0 Å². The van der Waals surface area contributed by atoms with Gasteiger partial charge in [0.2, 0.25) is 5.91 Å². The summed E-state index contributed by atoms with van der Waals surface area (Å²) in [7, 11) is 0. The maximum Gasteiger partial charge on any atom is 0.237 e. The molecule has 4 heteroatoms. The van der Waals surface area contributed by atoms with Gasteiger partial charge in [-0.2, -0.15) is 0 Å². The molecule has 0 fully saturated rings. The minimum atomic E-state index is -0.546. The van der Waals surface area contributed by atoms with E-state index in [0.29, 0.717) is 6.42 Å². The zero-order chi connectivity index (χ0) is 14.3. The van der Waals surface area contributed by atoms with Gasteiger partial charge in [0.05, 0.1) is 6.04 Å². The number of aromatic hydroxyl groups is 1. The summed E-state index contributed by atoms with van der Waals surface area (Å²) in [6.45, 7) is 4.16. The van der Waals surface area contributed by atoms with E-state index < -0.39 is 6.04 Å². The number of carbonyl (C=O) groups excluding carboxylic acids is 1. The molecule has 1 rings (SSSR count). The van der Waals surface area contributed by atoms with E-state index in [1.807, 2.05) is 0 Å². The van der Waals surface area contributed by atoms with Crippen molar-refractivity contribution in [3.63, 3.8) is 0 Å². The highest BCUT2D eigenvalue weighted by molar-refractivity contribution is 5.82. The summed E-state index contributed by atoms with van der Waals surface area (Å²) in [6, 6.07) is 6.44. The van der Waals surface area contributed by atoms with E-state index in [-0.39, 0.29) is 17.7 Å². The van der Waals surface area contributed by atoms with Crippen molar-refractivity contribution in [3.8, 4) is 5.75 Å². The van der Waals surface area contributed by atoms with Gasteiger partial charge in [-0.15, -0.1) is 0 Å². The number of phenols is 1. The smallest absolute Gasteiger partial charge is 0.237 e. The molecule has 4 N–H and O–H groups in total. The number of nitrogens with two attached hydrogens (primary N) is 1. The molecule has 1 aromatic rings. The fourth-order valence-electron chi connectivity index (χ4n) is 2.01. The molecule has 1 unspecified atom stereocenters. The zero-order valence-corrected chi connectivity index (χ0v) is 11.7. The van der Waals surface area contributed by atoms with E-state index in [2.05, 4.69) is 19.2 Å². The number of hydrogen-bond acceptors (Lipinski definition) is 3. The lowest BCUT2D eigenvalue weighted by Gasteiger charge is -2.19. The minimum Gasteiger partial charge on any atom is -0.508 e. The molecule has 0 aromatic heterocycles. The molecule has 0 aliphatic carbocycles. The van der Waals surface area contributed by atoms with Crippen molar-refractivity contribution in [1.29, 1.82) is 0 Å². The maximum atomic E-state index is 12.0. The van der Waals surface area contributed by atoms with Crippen LogP contribution in [-0.4, -0.2) is 23.1 Å². The predicted molar refractivity (Wildman–Crippen MR) is 76.9 cm³/mol. The summed E-state index contributed by atoms with van der Waals surface area (Å²) in [5.41, 5.74) is 6.86. The Kier molecular flexibility index (Phi) is 6.36. The van der Waals surface area contributed by atoms with Crippen LogP contribution in [0.5, 0.6) is 5.75 Å². The van der Waals surface area contributed by atoms with Gasteiger partial charge in [0.15, 0.2) is 0 Å². The summed E-state index contributed by atoms with van der Waals surface area (Å²) >= 11 is 0. The Bertz CT molecular complexity index is 390. The Morgan fingerprint density at radius 3 is 2.47 bits per heavy atom. The van der Waals surface area contributed by atoms with Crippen molar-refractivity contribution in [2.75, 3.05) is 0 Å². The topological polar surface area (TPSA) is 75.4 Å². The van der Waals surface area contributed by atoms with E-state index >= 15 is 0 Å². The Morgan fingerprint density at radius 2 is 1.95 bits per heavy atom. The molecule has 1 aromatic carbocycles. The van der Waals surface area contributed by atoms with Gasteiger partial charge < -0.3 is 16.2 Å².